The summed E-state index contributed by atoms with van der Waals surface area (Å²) in [5, 5.41) is 26.0. The molecule has 0 aliphatic heterocycles. The predicted octanol–water partition coefficient (Wildman–Crippen LogP) is 8.53. The van der Waals surface area contributed by atoms with Crippen molar-refractivity contribution < 1.29 is 9.59 Å². The van der Waals surface area contributed by atoms with Gasteiger partial charge in [-0.2, -0.15) is 10.2 Å². The summed E-state index contributed by atoms with van der Waals surface area (Å²) in [6, 6.07) is 35.3. The molecule has 4 aromatic carbocycles. The molecule has 12 nitrogen and oxygen atoms in total. The van der Waals surface area contributed by atoms with Gasteiger partial charge in [-0.25, -0.2) is 0 Å². The number of nitrogens with zero attached hydrogens (tertiary/aromatic N) is 6. The third-order valence-corrected chi connectivity index (χ3v) is 9.63. The SMILES string of the molecule is O=C(NCc1cccnc1)c1n[nH]c2ccc(-c3cncc4ccccc34)cc12.O=C(Nc1ccncc1)c1n[nH]c2ccc(-c3cncc4ccccc34)cc12. The Morgan fingerprint density at radius 1 is 0.509 bits per heavy atom. The Kier molecular flexibility index (Phi) is 9.31. The lowest BCUT2D eigenvalue weighted by atomic mass is 9.99. The summed E-state index contributed by atoms with van der Waals surface area (Å²) in [6.07, 6.45) is 14.1. The number of hydrogen-bond acceptors (Lipinski definition) is 8. The fourth-order valence-electron chi connectivity index (χ4n) is 6.80. The van der Waals surface area contributed by atoms with Gasteiger partial charge in [0.15, 0.2) is 11.4 Å². The lowest BCUT2D eigenvalue weighted by Gasteiger charge is -2.07. The number of benzene rings is 4. The van der Waals surface area contributed by atoms with E-state index in [1.54, 1.807) is 36.9 Å². The molecule has 12 heteroatoms. The first-order chi connectivity index (χ1) is 28.1. The Labute approximate surface area is 325 Å². The standard InChI is InChI=1S/C23H17N5O.C22H15N5O/c29-23(26-12-15-4-3-9-24-11-15)22-19-10-16(7-8-21(19)27-28-22)20-14-25-13-17-5-1-2-6-18(17)20;28-22(25-16-7-9-23-10-8-16)21-18-11-14(5-6-20(18)26-27-21)19-13-24-12-15-3-1-2-4-17(15)19/h1-11,13-14H,12H2,(H,26,29)(H,27,28);1-13H,(H,26,27)(H,23,25,28). The first kappa shape index (κ1) is 34.6. The van der Waals surface area contributed by atoms with Gasteiger partial charge < -0.3 is 10.6 Å². The normalized spacial score (nSPS) is 11.0. The molecule has 0 bridgehead atoms. The van der Waals surface area contributed by atoms with Crippen molar-refractivity contribution >= 4 is 60.9 Å². The Morgan fingerprint density at radius 2 is 1.09 bits per heavy atom. The summed E-state index contributed by atoms with van der Waals surface area (Å²) >= 11 is 0. The predicted molar refractivity (Wildman–Crippen MR) is 221 cm³/mol. The highest BCUT2D eigenvalue weighted by molar-refractivity contribution is 6.12. The number of rotatable bonds is 7. The number of carbonyl (C=O) groups is 2. The van der Waals surface area contributed by atoms with Gasteiger partial charge >= 0.3 is 0 Å². The van der Waals surface area contributed by atoms with E-state index in [0.717, 1.165) is 71.2 Å². The minimum Gasteiger partial charge on any atom is -0.346 e. The summed E-state index contributed by atoms with van der Waals surface area (Å²) in [4.78, 5) is 42.2. The quantitative estimate of drug-likeness (QED) is 0.126. The van der Waals surface area contributed by atoms with Crippen LogP contribution in [-0.2, 0) is 6.54 Å². The van der Waals surface area contributed by atoms with Crippen LogP contribution in [0, 0.1) is 0 Å². The maximum absolute atomic E-state index is 12.7. The second-order valence-corrected chi connectivity index (χ2v) is 13.2. The Bertz CT molecular complexity index is 3040. The number of aromatic amines is 2. The summed E-state index contributed by atoms with van der Waals surface area (Å²) < 4.78 is 0. The number of H-pyrrole nitrogens is 2. The van der Waals surface area contributed by atoms with Crippen molar-refractivity contribution in [2.24, 2.45) is 0 Å². The van der Waals surface area contributed by atoms with Crippen molar-refractivity contribution in [1.29, 1.82) is 0 Å². The van der Waals surface area contributed by atoms with Crippen LogP contribution in [0.25, 0.3) is 65.6 Å². The molecule has 274 valence electrons. The number of carbonyl (C=O) groups excluding carboxylic acids is 2. The number of pyridine rings is 4. The lowest BCUT2D eigenvalue weighted by molar-refractivity contribution is 0.0946. The number of amides is 2. The maximum Gasteiger partial charge on any atom is 0.276 e. The van der Waals surface area contributed by atoms with Gasteiger partial charge in [-0.3, -0.25) is 39.7 Å². The molecule has 57 heavy (non-hydrogen) atoms. The molecule has 0 spiro atoms. The molecule has 6 heterocycles. The first-order valence-corrected chi connectivity index (χ1v) is 18.1. The van der Waals surface area contributed by atoms with Crippen LogP contribution in [0.4, 0.5) is 5.69 Å². The van der Waals surface area contributed by atoms with Gasteiger partial charge in [0.2, 0.25) is 0 Å². The Hall–Kier alpha value is -8.12. The molecule has 0 atom stereocenters. The molecule has 2 amide bonds. The molecule has 0 saturated heterocycles. The van der Waals surface area contributed by atoms with Crippen LogP contribution in [0.2, 0.25) is 0 Å². The molecular weight excluding hydrogens is 713 g/mol. The minimum absolute atomic E-state index is 0.228. The summed E-state index contributed by atoms with van der Waals surface area (Å²) in [5.41, 5.74) is 7.95. The van der Waals surface area contributed by atoms with E-state index in [-0.39, 0.29) is 11.8 Å². The van der Waals surface area contributed by atoms with Gasteiger partial charge in [-0.15, -0.1) is 0 Å². The lowest BCUT2D eigenvalue weighted by Crippen LogP contribution is -2.23. The average Bonchev–Trinajstić information content (AvgIpc) is 3.90. The van der Waals surface area contributed by atoms with Gasteiger partial charge in [-0.1, -0.05) is 66.7 Å². The van der Waals surface area contributed by atoms with Crippen molar-refractivity contribution in [3.8, 4) is 22.3 Å². The third-order valence-electron chi connectivity index (χ3n) is 9.63. The number of nitrogens with one attached hydrogen (secondary N) is 4. The van der Waals surface area contributed by atoms with E-state index in [4.69, 9.17) is 0 Å². The van der Waals surface area contributed by atoms with Crippen molar-refractivity contribution in [1.82, 2.24) is 45.6 Å². The summed E-state index contributed by atoms with van der Waals surface area (Å²) in [5.74, 6) is -0.501. The molecule has 0 radical (unpaired) electrons. The molecule has 0 aliphatic carbocycles. The van der Waals surface area contributed by atoms with E-state index in [0.29, 0.717) is 23.6 Å². The monoisotopic (exact) mass is 744 g/mol. The molecule has 0 fully saturated rings. The molecule has 0 aliphatic rings. The molecular formula is C45H32N10O2. The van der Waals surface area contributed by atoms with E-state index in [1.165, 1.54) is 0 Å². The van der Waals surface area contributed by atoms with E-state index >= 15 is 0 Å². The summed E-state index contributed by atoms with van der Waals surface area (Å²) in [7, 11) is 0. The molecule has 0 unspecified atom stereocenters. The van der Waals surface area contributed by atoms with E-state index in [9.17, 15) is 9.59 Å². The second kappa shape index (κ2) is 15.3. The highest BCUT2D eigenvalue weighted by atomic mass is 16.2. The van der Waals surface area contributed by atoms with Crippen molar-refractivity contribution in [2.75, 3.05) is 5.32 Å². The van der Waals surface area contributed by atoms with Crippen LogP contribution in [-0.4, -0.2) is 52.1 Å². The third kappa shape index (κ3) is 7.13. The molecule has 10 aromatic rings. The van der Waals surface area contributed by atoms with Gasteiger partial charge in [0.1, 0.15) is 0 Å². The van der Waals surface area contributed by atoms with Gasteiger partial charge in [0, 0.05) is 94.5 Å². The number of anilines is 1. The average molecular weight is 745 g/mol. The zero-order chi connectivity index (χ0) is 38.6. The zero-order valence-corrected chi connectivity index (χ0v) is 30.2. The van der Waals surface area contributed by atoms with E-state index < -0.39 is 0 Å². The number of fused-ring (bicyclic) bond motifs is 4. The fourth-order valence-corrected chi connectivity index (χ4v) is 6.80. The van der Waals surface area contributed by atoms with Crippen LogP contribution in [0.1, 0.15) is 26.5 Å². The minimum atomic E-state index is -0.273. The topological polar surface area (TPSA) is 167 Å². The van der Waals surface area contributed by atoms with Crippen LogP contribution in [0.3, 0.4) is 0 Å². The molecule has 6 aromatic heterocycles. The summed E-state index contributed by atoms with van der Waals surface area (Å²) in [6.45, 7) is 0.397. The largest absolute Gasteiger partial charge is 0.346 e. The van der Waals surface area contributed by atoms with Gasteiger partial charge in [-0.05, 0) is 69.9 Å². The number of hydrogen-bond donors (Lipinski definition) is 4. The van der Waals surface area contributed by atoms with Crippen molar-refractivity contribution in [3.05, 3.63) is 176 Å². The second-order valence-electron chi connectivity index (χ2n) is 13.2. The van der Waals surface area contributed by atoms with Crippen molar-refractivity contribution in [3.63, 3.8) is 0 Å². The zero-order valence-electron chi connectivity index (χ0n) is 30.2. The van der Waals surface area contributed by atoms with Crippen LogP contribution in [0.15, 0.2) is 159 Å². The molecule has 4 N–H and O–H groups in total. The molecule has 10 rings (SSSR count). The van der Waals surface area contributed by atoms with E-state index in [2.05, 4.69) is 63.1 Å². The molecule has 0 saturated carbocycles. The van der Waals surface area contributed by atoms with Gasteiger partial charge in [0.25, 0.3) is 11.8 Å². The van der Waals surface area contributed by atoms with Crippen LogP contribution >= 0.6 is 0 Å². The van der Waals surface area contributed by atoms with E-state index in [1.807, 2.05) is 110 Å². The van der Waals surface area contributed by atoms with Crippen LogP contribution in [0.5, 0.6) is 0 Å². The van der Waals surface area contributed by atoms with Gasteiger partial charge in [0.05, 0.1) is 11.0 Å². The fraction of sp³-hybridized carbons (Fsp3) is 0.0222. The van der Waals surface area contributed by atoms with Crippen molar-refractivity contribution in [2.45, 2.75) is 6.54 Å². The maximum atomic E-state index is 12.7. The highest BCUT2D eigenvalue weighted by Gasteiger charge is 2.17. The first-order valence-electron chi connectivity index (χ1n) is 18.1. The highest BCUT2D eigenvalue weighted by Crippen LogP contribution is 2.32. The Morgan fingerprint density at radius 3 is 1.67 bits per heavy atom. The Balaban J connectivity index is 0.000000148. The number of aromatic nitrogens is 8. The smallest absolute Gasteiger partial charge is 0.276 e. The van der Waals surface area contributed by atoms with Crippen LogP contribution < -0.4 is 10.6 Å².